The van der Waals surface area contributed by atoms with Crippen molar-refractivity contribution in [3.05, 3.63) is 22.4 Å². The van der Waals surface area contributed by atoms with Gasteiger partial charge in [0, 0.05) is 4.88 Å². The molecule has 0 radical (unpaired) electrons. The topological polar surface area (TPSA) is 41.1 Å². The van der Waals surface area contributed by atoms with Crippen LogP contribution in [0.1, 0.15) is 51.0 Å². The third-order valence-electron chi connectivity index (χ3n) is 4.08. The standard InChI is InChI=1S/C15H24N2OS/c1-4-15(8-6-9-16-15)14(18)17-13(11(2)3)12-7-5-10-19-12/h5,7,10-11,13,16H,4,6,8-9H2,1-3H3,(H,17,18). The van der Waals surface area contributed by atoms with E-state index in [1.54, 1.807) is 11.3 Å². The van der Waals surface area contributed by atoms with Crippen molar-refractivity contribution in [1.82, 2.24) is 10.6 Å². The molecule has 1 saturated heterocycles. The molecule has 1 aliphatic rings. The third kappa shape index (κ3) is 3.00. The summed E-state index contributed by atoms with van der Waals surface area (Å²) >= 11 is 1.72. The molecule has 2 N–H and O–H groups in total. The summed E-state index contributed by atoms with van der Waals surface area (Å²) < 4.78 is 0. The zero-order valence-corrected chi connectivity index (χ0v) is 12.8. The quantitative estimate of drug-likeness (QED) is 0.870. The lowest BCUT2D eigenvalue weighted by molar-refractivity contribution is -0.128. The normalized spacial score (nSPS) is 24.6. The average Bonchev–Trinajstić information content (AvgIpc) is 3.06. The fourth-order valence-corrected chi connectivity index (χ4v) is 3.73. The van der Waals surface area contributed by atoms with E-state index in [0.717, 1.165) is 25.8 Å². The molecule has 106 valence electrons. The van der Waals surface area contributed by atoms with Gasteiger partial charge < -0.3 is 10.6 Å². The summed E-state index contributed by atoms with van der Waals surface area (Å²) in [5, 5.41) is 8.73. The van der Waals surface area contributed by atoms with Crippen molar-refractivity contribution in [1.29, 1.82) is 0 Å². The smallest absolute Gasteiger partial charge is 0.240 e. The van der Waals surface area contributed by atoms with Crippen molar-refractivity contribution >= 4 is 17.2 Å². The number of amides is 1. The second-order valence-electron chi connectivity index (χ2n) is 5.68. The monoisotopic (exact) mass is 280 g/mol. The second-order valence-corrected chi connectivity index (χ2v) is 6.66. The van der Waals surface area contributed by atoms with Gasteiger partial charge in [0.05, 0.1) is 11.6 Å². The molecule has 19 heavy (non-hydrogen) atoms. The van der Waals surface area contributed by atoms with Crippen LogP contribution in [0.15, 0.2) is 17.5 Å². The molecule has 1 aromatic heterocycles. The molecule has 1 fully saturated rings. The Morgan fingerprint density at radius 1 is 1.58 bits per heavy atom. The number of thiophene rings is 1. The first-order chi connectivity index (χ1) is 9.09. The van der Waals surface area contributed by atoms with Crippen molar-refractivity contribution in [2.75, 3.05) is 6.54 Å². The van der Waals surface area contributed by atoms with Gasteiger partial charge in [-0.2, -0.15) is 0 Å². The van der Waals surface area contributed by atoms with Crippen LogP contribution in [0.3, 0.4) is 0 Å². The van der Waals surface area contributed by atoms with Crippen LogP contribution in [0, 0.1) is 5.92 Å². The van der Waals surface area contributed by atoms with E-state index in [2.05, 4.69) is 42.9 Å². The van der Waals surface area contributed by atoms with Crippen molar-refractivity contribution < 1.29 is 4.79 Å². The molecule has 0 saturated carbocycles. The number of carbonyl (C=O) groups is 1. The molecule has 1 amide bonds. The zero-order valence-electron chi connectivity index (χ0n) is 12.0. The lowest BCUT2D eigenvalue weighted by Gasteiger charge is -2.31. The van der Waals surface area contributed by atoms with Crippen LogP contribution in [0.5, 0.6) is 0 Å². The van der Waals surface area contributed by atoms with Crippen LogP contribution < -0.4 is 10.6 Å². The number of hydrogen-bond donors (Lipinski definition) is 2. The summed E-state index contributed by atoms with van der Waals surface area (Å²) in [4.78, 5) is 13.9. The Hall–Kier alpha value is -0.870. The highest BCUT2D eigenvalue weighted by Crippen LogP contribution is 2.29. The van der Waals surface area contributed by atoms with Crippen molar-refractivity contribution in [2.24, 2.45) is 5.92 Å². The van der Waals surface area contributed by atoms with Crippen LogP contribution in [-0.4, -0.2) is 18.0 Å². The fraction of sp³-hybridized carbons (Fsp3) is 0.667. The molecule has 4 heteroatoms. The number of rotatable bonds is 5. The largest absolute Gasteiger partial charge is 0.347 e. The summed E-state index contributed by atoms with van der Waals surface area (Å²) in [6.07, 6.45) is 2.89. The molecular weight excluding hydrogens is 256 g/mol. The van der Waals surface area contributed by atoms with E-state index < -0.39 is 0 Å². The van der Waals surface area contributed by atoms with Gasteiger partial charge in [-0.25, -0.2) is 0 Å². The van der Waals surface area contributed by atoms with Crippen LogP contribution in [0.4, 0.5) is 0 Å². The molecule has 2 heterocycles. The van der Waals surface area contributed by atoms with Gasteiger partial charge >= 0.3 is 0 Å². The Kier molecular flexibility index (Phi) is 4.63. The zero-order chi connectivity index (χ0) is 13.9. The number of carbonyl (C=O) groups excluding carboxylic acids is 1. The Morgan fingerprint density at radius 3 is 2.84 bits per heavy atom. The van der Waals surface area contributed by atoms with Crippen LogP contribution in [-0.2, 0) is 4.79 Å². The van der Waals surface area contributed by atoms with Crippen LogP contribution in [0.2, 0.25) is 0 Å². The van der Waals surface area contributed by atoms with Crippen molar-refractivity contribution in [2.45, 2.75) is 51.6 Å². The lowest BCUT2D eigenvalue weighted by Crippen LogP contribution is -2.54. The van der Waals surface area contributed by atoms with E-state index in [9.17, 15) is 4.79 Å². The average molecular weight is 280 g/mol. The van der Waals surface area contributed by atoms with E-state index in [4.69, 9.17) is 0 Å². The summed E-state index contributed by atoms with van der Waals surface area (Å²) in [5.74, 6) is 0.567. The third-order valence-corrected chi connectivity index (χ3v) is 5.04. The Labute approximate surface area is 119 Å². The maximum atomic E-state index is 12.6. The first-order valence-corrected chi connectivity index (χ1v) is 8.06. The molecule has 2 unspecified atom stereocenters. The summed E-state index contributed by atoms with van der Waals surface area (Å²) in [6, 6.07) is 4.28. The summed E-state index contributed by atoms with van der Waals surface area (Å²) in [6.45, 7) is 7.36. The van der Waals surface area contributed by atoms with Crippen molar-refractivity contribution in [3.63, 3.8) is 0 Å². The molecule has 0 bridgehead atoms. The van der Waals surface area contributed by atoms with E-state index in [-0.39, 0.29) is 17.5 Å². The van der Waals surface area contributed by atoms with Gasteiger partial charge in [-0.3, -0.25) is 4.79 Å². The molecule has 1 aromatic rings. The van der Waals surface area contributed by atoms with Gasteiger partial charge in [0.25, 0.3) is 0 Å². The van der Waals surface area contributed by atoms with E-state index in [1.807, 2.05) is 6.07 Å². The highest BCUT2D eigenvalue weighted by Gasteiger charge is 2.40. The molecule has 0 spiro atoms. The molecule has 2 rings (SSSR count). The van der Waals surface area contributed by atoms with E-state index in [0.29, 0.717) is 5.92 Å². The van der Waals surface area contributed by atoms with Crippen LogP contribution in [0.25, 0.3) is 0 Å². The molecular formula is C15H24N2OS. The predicted molar refractivity (Wildman–Crippen MR) is 80.3 cm³/mol. The minimum atomic E-state index is -0.343. The Bertz CT molecular complexity index is 408. The molecule has 3 nitrogen and oxygen atoms in total. The highest BCUT2D eigenvalue weighted by molar-refractivity contribution is 7.10. The molecule has 0 aromatic carbocycles. The van der Waals surface area contributed by atoms with Gasteiger partial charge in [0.2, 0.25) is 5.91 Å². The second kappa shape index (κ2) is 6.06. The van der Waals surface area contributed by atoms with E-state index in [1.165, 1.54) is 4.88 Å². The maximum absolute atomic E-state index is 12.6. The van der Waals surface area contributed by atoms with Gasteiger partial charge in [0.15, 0.2) is 0 Å². The Morgan fingerprint density at radius 2 is 2.37 bits per heavy atom. The van der Waals surface area contributed by atoms with Crippen LogP contribution >= 0.6 is 11.3 Å². The first-order valence-electron chi connectivity index (χ1n) is 7.18. The van der Waals surface area contributed by atoms with Gasteiger partial charge in [-0.1, -0.05) is 26.8 Å². The SMILES string of the molecule is CCC1(C(=O)NC(c2cccs2)C(C)C)CCCN1. The van der Waals surface area contributed by atoms with E-state index >= 15 is 0 Å². The molecule has 0 aliphatic carbocycles. The van der Waals surface area contributed by atoms with Gasteiger partial charge in [-0.15, -0.1) is 11.3 Å². The predicted octanol–water partition coefficient (Wildman–Crippen LogP) is 3.09. The fourth-order valence-electron chi connectivity index (χ4n) is 2.78. The number of hydrogen-bond acceptors (Lipinski definition) is 3. The van der Waals surface area contributed by atoms with Crippen molar-refractivity contribution in [3.8, 4) is 0 Å². The summed E-state index contributed by atoms with van der Waals surface area (Å²) in [7, 11) is 0. The lowest BCUT2D eigenvalue weighted by atomic mass is 9.91. The Balaban J connectivity index is 2.11. The van der Waals surface area contributed by atoms with Gasteiger partial charge in [-0.05, 0) is 43.2 Å². The first kappa shape index (κ1) is 14.5. The highest BCUT2D eigenvalue weighted by atomic mass is 32.1. The minimum Gasteiger partial charge on any atom is -0.347 e. The molecule has 2 atom stereocenters. The van der Waals surface area contributed by atoms with Gasteiger partial charge in [0.1, 0.15) is 0 Å². The molecule has 1 aliphatic heterocycles. The summed E-state index contributed by atoms with van der Waals surface area (Å²) in [5.41, 5.74) is -0.343. The minimum absolute atomic E-state index is 0.123. The maximum Gasteiger partial charge on any atom is 0.240 e. The number of nitrogens with one attached hydrogen (secondary N) is 2.